The summed E-state index contributed by atoms with van der Waals surface area (Å²) < 4.78 is 0. The van der Waals surface area contributed by atoms with Crippen LogP contribution >= 0.6 is 0 Å². The smallest absolute Gasteiger partial charge is 0.205 e. The summed E-state index contributed by atoms with van der Waals surface area (Å²) in [5, 5.41) is 44.8. The maximum absolute atomic E-state index is 10.9. The predicted octanol–water partition coefficient (Wildman–Crippen LogP) is 2.84. The second kappa shape index (κ2) is 6.39. The van der Waals surface area contributed by atoms with Crippen molar-refractivity contribution in [3.05, 3.63) is 70.6 Å². The Bertz CT molecular complexity index is 1560. The molecule has 5 aromatic heterocycles. The van der Waals surface area contributed by atoms with Crippen molar-refractivity contribution in [1.82, 2.24) is 19.9 Å². The number of fused-ring (bicyclic) bond motifs is 8. The van der Waals surface area contributed by atoms with E-state index in [2.05, 4.69) is 19.9 Å². The summed E-state index contributed by atoms with van der Waals surface area (Å²) in [6.07, 6.45) is 3.83. The van der Waals surface area contributed by atoms with E-state index in [9.17, 15) is 20.4 Å². The molecule has 0 saturated heterocycles. The van der Waals surface area contributed by atoms with Crippen molar-refractivity contribution in [2.45, 2.75) is 0 Å². The van der Waals surface area contributed by atoms with Crippen LogP contribution in [0.5, 0.6) is 23.0 Å². The van der Waals surface area contributed by atoms with Gasteiger partial charge in [-0.15, -0.1) is 0 Å². The highest BCUT2D eigenvalue weighted by molar-refractivity contribution is 5.93. The quantitative estimate of drug-likeness (QED) is 0.189. The highest BCUT2D eigenvalue weighted by atomic mass is 16.3. The molecule has 0 aliphatic carbocycles. The van der Waals surface area contributed by atoms with Gasteiger partial charge in [0.1, 0.15) is 0 Å². The van der Waals surface area contributed by atoms with Crippen LogP contribution in [0.2, 0.25) is 0 Å². The van der Waals surface area contributed by atoms with Crippen LogP contribution in [0.3, 0.4) is 0 Å². The maximum Gasteiger partial charge on any atom is 0.205 e. The molecule has 0 unspecified atom stereocenters. The summed E-state index contributed by atoms with van der Waals surface area (Å²) in [5.74, 6) is -2.82. The van der Waals surface area contributed by atoms with E-state index < -0.39 is 23.0 Å². The standard InChI is InChI=1S/C24H18N4O4/c29-21-19-15-5-3-13(26-15)9-11-1-2-12(25-11)10-14-4-6-16(27-14)20(18-8-7-17(19)28-18)22(30)24(32)23(21)31/h1-10,25-32H. The third kappa shape index (κ3) is 2.63. The van der Waals surface area contributed by atoms with E-state index in [4.69, 9.17) is 0 Å². The topological polar surface area (TPSA) is 144 Å². The van der Waals surface area contributed by atoms with Gasteiger partial charge < -0.3 is 40.4 Å². The molecule has 8 heteroatoms. The van der Waals surface area contributed by atoms with Crippen LogP contribution in [-0.2, 0) is 0 Å². The lowest BCUT2D eigenvalue weighted by atomic mass is 10.1. The lowest BCUT2D eigenvalue weighted by molar-refractivity contribution is 0.351. The minimum absolute atomic E-state index is 0.244. The Morgan fingerprint density at radius 2 is 0.906 bits per heavy atom. The molecule has 0 spiro atoms. The van der Waals surface area contributed by atoms with E-state index in [1.165, 1.54) is 0 Å². The number of rotatable bonds is 0. The fraction of sp³-hybridized carbons (Fsp3) is 0. The molecule has 0 radical (unpaired) electrons. The average Bonchev–Trinajstić information content (AvgIpc) is 3.57. The minimum atomic E-state index is -0.831. The summed E-state index contributed by atoms with van der Waals surface area (Å²) in [6.45, 7) is 0. The summed E-state index contributed by atoms with van der Waals surface area (Å²) >= 11 is 0. The number of aromatic nitrogens is 4. The lowest BCUT2D eigenvalue weighted by Gasteiger charge is -2.05. The van der Waals surface area contributed by atoms with Gasteiger partial charge in [-0.05, 0) is 60.7 Å². The third-order valence-electron chi connectivity index (χ3n) is 5.68. The number of hydrogen-bond donors (Lipinski definition) is 8. The van der Waals surface area contributed by atoms with Gasteiger partial charge in [0.2, 0.25) is 11.5 Å². The monoisotopic (exact) mass is 426 g/mol. The van der Waals surface area contributed by atoms with Crippen molar-refractivity contribution in [3.8, 4) is 45.5 Å². The first-order valence-corrected chi connectivity index (χ1v) is 9.94. The first kappa shape index (κ1) is 18.1. The van der Waals surface area contributed by atoms with Crippen LogP contribution in [-0.4, -0.2) is 40.4 Å². The van der Waals surface area contributed by atoms with Crippen molar-refractivity contribution in [2.24, 2.45) is 0 Å². The van der Waals surface area contributed by atoms with Gasteiger partial charge in [-0.1, -0.05) is 0 Å². The van der Waals surface area contributed by atoms with Crippen LogP contribution in [0.4, 0.5) is 0 Å². The van der Waals surface area contributed by atoms with E-state index in [1.807, 2.05) is 36.4 Å². The number of aromatic hydroxyl groups is 4. The zero-order valence-electron chi connectivity index (χ0n) is 16.6. The van der Waals surface area contributed by atoms with Crippen molar-refractivity contribution >= 4 is 23.2 Å². The highest BCUT2D eigenvalue weighted by Crippen LogP contribution is 2.48. The number of hydrogen-bond acceptors (Lipinski definition) is 4. The molecule has 6 heterocycles. The number of H-pyrrole nitrogens is 4. The predicted molar refractivity (Wildman–Crippen MR) is 121 cm³/mol. The molecule has 0 aromatic carbocycles. The third-order valence-corrected chi connectivity index (χ3v) is 5.68. The molecule has 0 saturated carbocycles. The van der Waals surface area contributed by atoms with Gasteiger partial charge in [0, 0.05) is 22.1 Å². The maximum atomic E-state index is 10.9. The molecular weight excluding hydrogens is 408 g/mol. The van der Waals surface area contributed by atoms with Gasteiger partial charge in [-0.2, -0.15) is 0 Å². The largest absolute Gasteiger partial charge is 0.504 e. The average molecular weight is 426 g/mol. The Morgan fingerprint density at radius 1 is 0.438 bits per heavy atom. The van der Waals surface area contributed by atoms with E-state index in [0.717, 1.165) is 22.1 Å². The Hall–Kier alpha value is -4.72. The summed E-state index contributed by atoms with van der Waals surface area (Å²) in [4.78, 5) is 13.0. The molecule has 0 fully saturated rings. The van der Waals surface area contributed by atoms with Crippen LogP contribution in [0.15, 0.2) is 48.5 Å². The number of aromatic amines is 4. The summed E-state index contributed by atoms with van der Waals surface area (Å²) in [6, 6.07) is 14.6. The second-order valence-electron chi connectivity index (χ2n) is 7.74. The Labute approximate surface area is 180 Å². The van der Waals surface area contributed by atoms with Crippen LogP contribution in [0, 0.1) is 0 Å². The van der Waals surface area contributed by atoms with Crippen LogP contribution in [0.25, 0.3) is 45.7 Å². The lowest BCUT2D eigenvalue weighted by Crippen LogP contribution is -2.09. The fourth-order valence-electron chi connectivity index (χ4n) is 4.17. The highest BCUT2D eigenvalue weighted by Gasteiger charge is 2.21. The zero-order valence-corrected chi connectivity index (χ0v) is 16.6. The minimum Gasteiger partial charge on any atom is -0.504 e. The SMILES string of the molecule is Oc1c(O)c(O)c2c3ccc([nH]3)c(c1O)-c1ccc([nH]1)C=c1ccc([nH]1)=Cc1ccc-2[nH]1. The summed E-state index contributed by atoms with van der Waals surface area (Å²) in [7, 11) is 0. The molecule has 0 atom stereocenters. The van der Waals surface area contributed by atoms with Gasteiger partial charge in [0.05, 0.1) is 33.5 Å². The van der Waals surface area contributed by atoms with Gasteiger partial charge in [-0.3, -0.25) is 0 Å². The molecule has 8 N–H and O–H groups in total. The van der Waals surface area contributed by atoms with E-state index in [1.54, 1.807) is 24.3 Å². The van der Waals surface area contributed by atoms with E-state index in [-0.39, 0.29) is 11.1 Å². The Morgan fingerprint density at radius 3 is 1.38 bits per heavy atom. The van der Waals surface area contributed by atoms with Crippen molar-refractivity contribution in [1.29, 1.82) is 0 Å². The fourth-order valence-corrected chi connectivity index (χ4v) is 4.17. The van der Waals surface area contributed by atoms with Crippen LogP contribution in [0.1, 0.15) is 11.4 Å². The zero-order chi connectivity index (χ0) is 22.0. The molecule has 0 amide bonds. The Balaban J connectivity index is 1.84. The van der Waals surface area contributed by atoms with Gasteiger partial charge in [0.15, 0.2) is 11.5 Å². The van der Waals surface area contributed by atoms with Gasteiger partial charge in [0.25, 0.3) is 0 Å². The second-order valence-corrected chi connectivity index (χ2v) is 7.74. The first-order valence-electron chi connectivity index (χ1n) is 9.94. The summed E-state index contributed by atoms with van der Waals surface area (Å²) in [5.41, 5.74) is 4.03. The number of nitrogens with one attached hydrogen (secondary N) is 4. The molecule has 10 bridgehead atoms. The van der Waals surface area contributed by atoms with Crippen molar-refractivity contribution in [2.75, 3.05) is 0 Å². The molecule has 158 valence electrons. The molecule has 6 rings (SSSR count). The Kier molecular flexibility index (Phi) is 3.61. The van der Waals surface area contributed by atoms with E-state index >= 15 is 0 Å². The van der Waals surface area contributed by atoms with Gasteiger partial charge >= 0.3 is 0 Å². The first-order chi connectivity index (χ1) is 15.5. The van der Waals surface area contributed by atoms with Gasteiger partial charge in [-0.25, -0.2) is 0 Å². The molecule has 32 heavy (non-hydrogen) atoms. The molecule has 5 aromatic rings. The molecule has 1 aliphatic heterocycles. The van der Waals surface area contributed by atoms with Crippen molar-refractivity contribution < 1.29 is 20.4 Å². The molecule has 8 nitrogen and oxygen atoms in total. The van der Waals surface area contributed by atoms with Crippen LogP contribution < -0.4 is 10.7 Å². The molecule has 1 aliphatic rings. The van der Waals surface area contributed by atoms with Crippen molar-refractivity contribution in [3.63, 3.8) is 0 Å². The van der Waals surface area contributed by atoms with E-state index in [0.29, 0.717) is 22.4 Å². The molecular formula is C24H18N4O4. The normalized spacial score (nSPS) is 12.1.